The molecule has 0 aromatic heterocycles. The zero-order valence-electron chi connectivity index (χ0n) is 17.8. The number of benzene rings is 2. The van der Waals surface area contributed by atoms with Crippen LogP contribution >= 0.6 is 0 Å². The fourth-order valence-corrected chi connectivity index (χ4v) is 2.83. The highest BCUT2D eigenvalue weighted by molar-refractivity contribution is 5.98. The molecule has 2 aromatic rings. The van der Waals surface area contributed by atoms with Crippen molar-refractivity contribution in [3.8, 4) is 5.75 Å². The predicted molar refractivity (Wildman–Crippen MR) is 116 cm³/mol. The Morgan fingerprint density at radius 1 is 1.07 bits per heavy atom. The molecular formula is C23H32N2O4. The average molecular weight is 401 g/mol. The number of carbonyl (C=O) groups excluding carboxylic acids is 2. The molecule has 2 amide bonds. The van der Waals surface area contributed by atoms with Crippen molar-refractivity contribution in [2.24, 2.45) is 0 Å². The quantitative estimate of drug-likeness (QED) is 0.747. The Morgan fingerprint density at radius 2 is 1.69 bits per heavy atom. The van der Waals surface area contributed by atoms with Crippen LogP contribution in [0, 0.1) is 0 Å². The summed E-state index contributed by atoms with van der Waals surface area (Å²) in [5.41, 5.74) is 1.17. The summed E-state index contributed by atoms with van der Waals surface area (Å²) in [5.74, 6) is 0.499. The van der Waals surface area contributed by atoms with Crippen molar-refractivity contribution in [1.82, 2.24) is 5.32 Å². The number of ether oxygens (including phenoxy) is 2. The van der Waals surface area contributed by atoms with Gasteiger partial charge < -0.3 is 19.7 Å². The number of methoxy groups -OCH3 is 1. The lowest BCUT2D eigenvalue weighted by Crippen LogP contribution is -2.49. The van der Waals surface area contributed by atoms with Gasteiger partial charge in [-0.3, -0.25) is 4.79 Å². The van der Waals surface area contributed by atoms with Gasteiger partial charge in [0, 0.05) is 14.2 Å². The van der Waals surface area contributed by atoms with Gasteiger partial charge in [0.15, 0.2) is 0 Å². The van der Waals surface area contributed by atoms with Crippen LogP contribution in [-0.2, 0) is 16.0 Å². The molecule has 0 bridgehead atoms. The number of rotatable bonds is 7. The minimum Gasteiger partial charge on any atom is -0.497 e. The maximum Gasteiger partial charge on any atom is 0.408 e. The van der Waals surface area contributed by atoms with E-state index in [1.54, 1.807) is 59.2 Å². The molecule has 0 saturated carbocycles. The lowest BCUT2D eigenvalue weighted by molar-refractivity contribution is -0.120. The van der Waals surface area contributed by atoms with E-state index in [1.165, 1.54) is 4.90 Å². The van der Waals surface area contributed by atoms with Crippen LogP contribution < -0.4 is 15.0 Å². The van der Waals surface area contributed by atoms with Crippen molar-refractivity contribution in [3.05, 3.63) is 60.2 Å². The first kappa shape index (κ1) is 22.3. The number of likely N-dealkylation sites (N-methyl/N-ethyl adjacent to an activating group) is 1. The van der Waals surface area contributed by atoms with E-state index in [4.69, 9.17) is 9.47 Å². The molecule has 29 heavy (non-hydrogen) atoms. The van der Waals surface area contributed by atoms with E-state index in [1.807, 2.05) is 30.3 Å². The summed E-state index contributed by atoms with van der Waals surface area (Å²) in [4.78, 5) is 27.0. The molecule has 1 N–H and O–H groups in total. The second kappa shape index (κ2) is 9.96. The second-order valence-corrected chi connectivity index (χ2v) is 7.82. The fourth-order valence-electron chi connectivity index (χ4n) is 2.83. The Hall–Kier alpha value is -3.02. The Labute approximate surface area is 174 Å². The summed E-state index contributed by atoms with van der Waals surface area (Å²) >= 11 is 0. The zero-order chi connectivity index (χ0) is 21.4. The Bertz CT molecular complexity index is 804. The molecule has 158 valence electrons. The van der Waals surface area contributed by atoms with Gasteiger partial charge in [0.05, 0.1) is 7.11 Å². The first-order valence-electron chi connectivity index (χ1n) is 9.64. The summed E-state index contributed by atoms with van der Waals surface area (Å²) in [6.07, 6.45) is 0.513. The first-order valence-corrected chi connectivity index (χ1v) is 9.64. The number of aryl methyl sites for hydroxylation is 1. The molecule has 6 nitrogen and oxygen atoms in total. The summed E-state index contributed by atoms with van der Waals surface area (Å²) in [6.45, 7) is 5.37. The van der Waals surface area contributed by atoms with Crippen LogP contribution in [0.1, 0.15) is 34.2 Å². The standard InChI is InChI=1S/C23H30N2O4.H2/c1-23(2,3)29-22(27)24-20(16-11-17-9-7-6-8-10-17)21(26)25(4)18-12-14-19(28-5)15-13-18;/h6-10,12-15,20H,11,16H2,1-5H3,(H,24,27);1H/t20-;/m0./s1. The van der Waals surface area contributed by atoms with Crippen molar-refractivity contribution in [2.75, 3.05) is 19.1 Å². The number of amides is 2. The number of carbonyl (C=O) groups is 2. The summed E-state index contributed by atoms with van der Waals surface area (Å²) in [6, 6.07) is 16.3. The van der Waals surface area contributed by atoms with Gasteiger partial charge in [-0.2, -0.15) is 0 Å². The topological polar surface area (TPSA) is 67.9 Å². The molecule has 6 heteroatoms. The lowest BCUT2D eigenvalue weighted by atomic mass is 10.0. The SMILES string of the molecule is COc1ccc(N(C)C(=O)[C@H](CCc2ccccc2)NC(=O)OC(C)(C)C)cc1.[HH]. The van der Waals surface area contributed by atoms with E-state index >= 15 is 0 Å². The molecule has 0 radical (unpaired) electrons. The molecule has 1 atom stereocenters. The maximum atomic E-state index is 13.1. The molecule has 2 rings (SSSR count). The Balaban J connectivity index is 0.00000450. The van der Waals surface area contributed by atoms with Gasteiger partial charge in [0.25, 0.3) is 0 Å². The van der Waals surface area contributed by atoms with Gasteiger partial charge in [-0.25, -0.2) is 4.79 Å². The van der Waals surface area contributed by atoms with E-state index in [0.717, 1.165) is 5.56 Å². The highest BCUT2D eigenvalue weighted by Gasteiger charge is 2.27. The van der Waals surface area contributed by atoms with Crippen LogP contribution in [0.15, 0.2) is 54.6 Å². The van der Waals surface area contributed by atoms with Gasteiger partial charge in [-0.1, -0.05) is 30.3 Å². The van der Waals surface area contributed by atoms with Crippen molar-refractivity contribution in [1.29, 1.82) is 0 Å². The summed E-state index contributed by atoms with van der Waals surface area (Å²) < 4.78 is 10.5. The van der Waals surface area contributed by atoms with Crippen LogP contribution in [-0.4, -0.2) is 37.8 Å². The highest BCUT2D eigenvalue weighted by Crippen LogP contribution is 2.20. The van der Waals surface area contributed by atoms with Crippen molar-refractivity contribution >= 4 is 17.7 Å². The van der Waals surface area contributed by atoms with Crippen LogP contribution in [0.5, 0.6) is 5.75 Å². The molecule has 0 fully saturated rings. The molecule has 0 spiro atoms. The van der Waals surface area contributed by atoms with Crippen LogP contribution in [0.2, 0.25) is 0 Å². The summed E-state index contributed by atoms with van der Waals surface area (Å²) in [7, 11) is 3.28. The van der Waals surface area contributed by atoms with Crippen molar-refractivity contribution in [2.45, 2.75) is 45.3 Å². The number of nitrogens with zero attached hydrogens (tertiary/aromatic N) is 1. The minimum absolute atomic E-state index is 0. The summed E-state index contributed by atoms with van der Waals surface area (Å²) in [5, 5.41) is 2.74. The highest BCUT2D eigenvalue weighted by atomic mass is 16.6. The molecule has 0 aliphatic carbocycles. The molecule has 2 aromatic carbocycles. The van der Waals surface area contributed by atoms with Gasteiger partial charge >= 0.3 is 6.09 Å². The van der Waals surface area contributed by atoms with E-state index in [2.05, 4.69) is 5.32 Å². The molecule has 0 heterocycles. The maximum absolute atomic E-state index is 13.1. The largest absolute Gasteiger partial charge is 0.497 e. The monoisotopic (exact) mass is 400 g/mol. The Kier molecular flexibility index (Phi) is 7.65. The number of nitrogens with one attached hydrogen (secondary N) is 1. The third-order valence-electron chi connectivity index (χ3n) is 4.34. The fraction of sp³-hybridized carbons (Fsp3) is 0.391. The number of hydrogen-bond donors (Lipinski definition) is 1. The number of anilines is 1. The smallest absolute Gasteiger partial charge is 0.408 e. The predicted octanol–water partition coefficient (Wildman–Crippen LogP) is 4.43. The lowest BCUT2D eigenvalue weighted by Gasteiger charge is -2.26. The molecule has 0 unspecified atom stereocenters. The van der Waals surface area contributed by atoms with E-state index in [9.17, 15) is 9.59 Å². The number of alkyl carbamates (subject to hydrolysis) is 1. The van der Waals surface area contributed by atoms with Crippen molar-refractivity contribution < 1.29 is 20.5 Å². The third kappa shape index (κ3) is 7.14. The third-order valence-corrected chi connectivity index (χ3v) is 4.34. The van der Waals surface area contributed by atoms with Crippen LogP contribution in [0.3, 0.4) is 0 Å². The first-order chi connectivity index (χ1) is 13.7. The zero-order valence-corrected chi connectivity index (χ0v) is 17.8. The number of hydrogen-bond acceptors (Lipinski definition) is 4. The van der Waals surface area contributed by atoms with Gasteiger partial charge in [0.1, 0.15) is 17.4 Å². The van der Waals surface area contributed by atoms with E-state index in [0.29, 0.717) is 24.3 Å². The average Bonchev–Trinajstić information content (AvgIpc) is 2.69. The van der Waals surface area contributed by atoms with Crippen LogP contribution in [0.25, 0.3) is 0 Å². The second-order valence-electron chi connectivity index (χ2n) is 7.82. The van der Waals surface area contributed by atoms with Gasteiger partial charge in [-0.15, -0.1) is 0 Å². The molecule has 0 aliphatic heterocycles. The Morgan fingerprint density at radius 3 is 2.24 bits per heavy atom. The molecule has 0 aliphatic rings. The minimum atomic E-state index is -0.711. The normalized spacial score (nSPS) is 12.0. The van der Waals surface area contributed by atoms with E-state index < -0.39 is 17.7 Å². The van der Waals surface area contributed by atoms with Gasteiger partial charge in [0.2, 0.25) is 5.91 Å². The van der Waals surface area contributed by atoms with Crippen LogP contribution in [0.4, 0.5) is 10.5 Å². The van der Waals surface area contributed by atoms with Gasteiger partial charge in [-0.05, 0) is 63.4 Å². The van der Waals surface area contributed by atoms with Crippen molar-refractivity contribution in [3.63, 3.8) is 0 Å². The van der Waals surface area contributed by atoms with E-state index in [-0.39, 0.29) is 7.33 Å². The molecular weight excluding hydrogens is 368 g/mol. The molecule has 0 saturated heterocycles.